The van der Waals surface area contributed by atoms with Gasteiger partial charge >= 0.3 is 0 Å². The Hall–Kier alpha value is -0.120. The molecule has 3 fully saturated rings. The van der Waals surface area contributed by atoms with E-state index in [9.17, 15) is 0 Å². The van der Waals surface area contributed by atoms with Crippen LogP contribution in [0.2, 0.25) is 0 Å². The van der Waals surface area contributed by atoms with Crippen molar-refractivity contribution in [1.29, 1.82) is 0 Å². The summed E-state index contributed by atoms with van der Waals surface area (Å²) < 4.78 is 0. The van der Waals surface area contributed by atoms with Crippen LogP contribution in [-0.4, -0.2) is 73.1 Å². The van der Waals surface area contributed by atoms with Gasteiger partial charge in [0, 0.05) is 37.8 Å². The zero-order valence-electron chi connectivity index (χ0n) is 10.0. The van der Waals surface area contributed by atoms with Crippen molar-refractivity contribution < 1.29 is 0 Å². The highest BCUT2D eigenvalue weighted by Crippen LogP contribution is 2.33. The maximum absolute atomic E-state index is 2.86. The molecule has 3 aliphatic rings. The van der Waals surface area contributed by atoms with Crippen LogP contribution in [0.15, 0.2) is 0 Å². The van der Waals surface area contributed by atoms with Gasteiger partial charge in [-0.15, -0.1) is 0 Å². The molecule has 3 unspecified atom stereocenters. The van der Waals surface area contributed by atoms with Gasteiger partial charge in [0.2, 0.25) is 0 Å². The quantitative estimate of drug-likeness (QED) is 0.621. The lowest BCUT2D eigenvalue weighted by Crippen LogP contribution is -2.56. The number of fused-ring (bicyclic) bond motifs is 2. The van der Waals surface area contributed by atoms with Crippen molar-refractivity contribution >= 4 is 0 Å². The zero-order chi connectivity index (χ0) is 10.4. The highest BCUT2D eigenvalue weighted by Gasteiger charge is 2.43. The lowest BCUT2D eigenvalue weighted by Gasteiger charge is -2.42. The van der Waals surface area contributed by atoms with Crippen molar-refractivity contribution in [3.63, 3.8) is 0 Å². The summed E-state index contributed by atoms with van der Waals surface area (Å²) in [5.41, 5.74) is 0. The topological polar surface area (TPSA) is 9.72 Å². The Morgan fingerprint density at radius 1 is 0.733 bits per heavy atom. The molecule has 0 radical (unpaired) electrons. The molecule has 0 aromatic rings. The minimum Gasteiger partial charge on any atom is -0.305 e. The van der Waals surface area contributed by atoms with Crippen LogP contribution in [0.4, 0.5) is 0 Å². The summed E-state index contributed by atoms with van der Waals surface area (Å²) in [5.74, 6) is 0. The molecular weight excluding hydrogens is 186 g/mol. The van der Waals surface area contributed by atoms with Gasteiger partial charge in [0.15, 0.2) is 0 Å². The number of nitrogens with zero attached hydrogens (tertiary/aromatic N) is 3. The summed E-state index contributed by atoms with van der Waals surface area (Å²) in [6.07, 6.45) is 4.28. The molecule has 3 heterocycles. The van der Waals surface area contributed by atoms with Gasteiger partial charge in [-0.1, -0.05) is 0 Å². The van der Waals surface area contributed by atoms with Gasteiger partial charge in [-0.25, -0.2) is 0 Å². The lowest BCUT2D eigenvalue weighted by molar-refractivity contribution is 0.0478. The van der Waals surface area contributed by atoms with E-state index in [1.165, 1.54) is 45.4 Å². The SMILES string of the molecule is CN1CCC(N2C3CCC2CN(C)C3)C1. The van der Waals surface area contributed by atoms with Crippen molar-refractivity contribution in [3.05, 3.63) is 0 Å². The fourth-order valence-electron chi connectivity index (χ4n) is 3.90. The van der Waals surface area contributed by atoms with Gasteiger partial charge in [-0.3, -0.25) is 4.90 Å². The number of likely N-dealkylation sites (tertiary alicyclic amines) is 2. The molecule has 0 spiro atoms. The fraction of sp³-hybridized carbons (Fsp3) is 1.00. The molecule has 3 atom stereocenters. The number of hydrogen-bond donors (Lipinski definition) is 0. The molecule has 15 heavy (non-hydrogen) atoms. The maximum atomic E-state index is 2.86. The van der Waals surface area contributed by atoms with Crippen LogP contribution < -0.4 is 0 Å². The average Bonchev–Trinajstić information content (AvgIpc) is 2.69. The number of piperazine rings is 1. The molecular formula is C12H23N3. The Balaban J connectivity index is 1.72. The Bertz CT molecular complexity index is 229. The molecule has 0 aromatic carbocycles. The first-order chi connectivity index (χ1) is 7.24. The Kier molecular flexibility index (Phi) is 2.49. The highest BCUT2D eigenvalue weighted by molar-refractivity contribution is 5.00. The van der Waals surface area contributed by atoms with Crippen molar-refractivity contribution in [1.82, 2.24) is 14.7 Å². The predicted molar refractivity (Wildman–Crippen MR) is 62.0 cm³/mol. The van der Waals surface area contributed by atoms with E-state index in [2.05, 4.69) is 28.8 Å². The van der Waals surface area contributed by atoms with E-state index in [4.69, 9.17) is 0 Å². The van der Waals surface area contributed by atoms with Gasteiger partial charge < -0.3 is 9.80 Å². The van der Waals surface area contributed by atoms with E-state index in [1.807, 2.05) is 0 Å². The highest BCUT2D eigenvalue weighted by atomic mass is 15.4. The largest absolute Gasteiger partial charge is 0.305 e. The molecule has 86 valence electrons. The molecule has 0 aromatic heterocycles. The second kappa shape index (κ2) is 3.72. The summed E-state index contributed by atoms with van der Waals surface area (Å²) in [6.45, 7) is 5.21. The minimum absolute atomic E-state index is 0.862. The maximum Gasteiger partial charge on any atom is 0.0242 e. The fourth-order valence-corrected chi connectivity index (χ4v) is 3.90. The Morgan fingerprint density at radius 3 is 1.80 bits per heavy atom. The third-order valence-electron chi connectivity index (χ3n) is 4.51. The third-order valence-corrected chi connectivity index (χ3v) is 4.51. The first-order valence-corrected chi connectivity index (χ1v) is 6.38. The first kappa shape index (κ1) is 10.1. The predicted octanol–water partition coefficient (Wildman–Crippen LogP) is 0.469. The molecule has 3 rings (SSSR count). The first-order valence-electron chi connectivity index (χ1n) is 6.38. The van der Waals surface area contributed by atoms with Crippen molar-refractivity contribution in [2.45, 2.75) is 37.4 Å². The third kappa shape index (κ3) is 1.71. The van der Waals surface area contributed by atoms with Crippen LogP contribution in [0.5, 0.6) is 0 Å². The summed E-state index contributed by atoms with van der Waals surface area (Å²) in [6, 6.07) is 2.59. The number of rotatable bonds is 1. The van der Waals surface area contributed by atoms with Crippen LogP contribution in [0.25, 0.3) is 0 Å². The van der Waals surface area contributed by atoms with E-state index in [-0.39, 0.29) is 0 Å². The molecule has 2 bridgehead atoms. The summed E-state index contributed by atoms with van der Waals surface area (Å²) >= 11 is 0. The smallest absolute Gasteiger partial charge is 0.0242 e. The van der Waals surface area contributed by atoms with Crippen molar-refractivity contribution in [3.8, 4) is 0 Å². The molecule has 0 saturated carbocycles. The zero-order valence-corrected chi connectivity index (χ0v) is 10.0. The second-order valence-electron chi connectivity index (χ2n) is 5.76. The molecule has 0 aliphatic carbocycles. The van der Waals surface area contributed by atoms with E-state index >= 15 is 0 Å². The van der Waals surface area contributed by atoms with Crippen LogP contribution in [0.1, 0.15) is 19.3 Å². The van der Waals surface area contributed by atoms with Crippen LogP contribution >= 0.6 is 0 Å². The number of hydrogen-bond acceptors (Lipinski definition) is 3. The van der Waals surface area contributed by atoms with Gasteiger partial charge in [0.25, 0.3) is 0 Å². The molecule has 3 aliphatic heterocycles. The number of likely N-dealkylation sites (N-methyl/N-ethyl adjacent to an activating group) is 2. The molecule has 0 N–H and O–H groups in total. The van der Waals surface area contributed by atoms with E-state index in [0.29, 0.717) is 0 Å². The monoisotopic (exact) mass is 209 g/mol. The van der Waals surface area contributed by atoms with E-state index in [1.54, 1.807) is 0 Å². The Morgan fingerprint density at radius 2 is 1.27 bits per heavy atom. The summed E-state index contributed by atoms with van der Waals surface area (Å²) in [5, 5.41) is 0. The normalized spacial score (nSPS) is 44.0. The van der Waals surface area contributed by atoms with Crippen LogP contribution in [-0.2, 0) is 0 Å². The lowest BCUT2D eigenvalue weighted by atomic mass is 10.1. The minimum atomic E-state index is 0.862. The van der Waals surface area contributed by atoms with Crippen LogP contribution in [0.3, 0.4) is 0 Å². The van der Waals surface area contributed by atoms with Gasteiger partial charge in [0.05, 0.1) is 0 Å². The van der Waals surface area contributed by atoms with Gasteiger partial charge in [0.1, 0.15) is 0 Å². The van der Waals surface area contributed by atoms with Gasteiger partial charge in [-0.2, -0.15) is 0 Å². The van der Waals surface area contributed by atoms with E-state index < -0.39 is 0 Å². The molecule has 3 nitrogen and oxygen atoms in total. The van der Waals surface area contributed by atoms with Crippen LogP contribution in [0, 0.1) is 0 Å². The molecule has 0 amide bonds. The standard InChI is InChI=1S/C12H23N3/c1-13-6-5-12(7-13)15-10-3-4-11(15)9-14(2)8-10/h10-12H,3-9H2,1-2H3. The summed E-state index contributed by atoms with van der Waals surface area (Å²) in [7, 11) is 4.54. The van der Waals surface area contributed by atoms with Crippen molar-refractivity contribution in [2.24, 2.45) is 0 Å². The van der Waals surface area contributed by atoms with E-state index in [0.717, 1.165) is 18.1 Å². The average molecular weight is 209 g/mol. The summed E-state index contributed by atoms with van der Waals surface area (Å²) in [4.78, 5) is 7.88. The van der Waals surface area contributed by atoms with Crippen molar-refractivity contribution in [2.75, 3.05) is 40.3 Å². The second-order valence-corrected chi connectivity index (χ2v) is 5.76. The Labute approximate surface area is 93.0 Å². The molecule has 3 saturated heterocycles. The molecule has 3 heteroatoms. The van der Waals surface area contributed by atoms with Gasteiger partial charge in [-0.05, 0) is 39.9 Å².